The van der Waals surface area contributed by atoms with Crippen molar-refractivity contribution >= 4 is 12.0 Å². The van der Waals surface area contributed by atoms with E-state index in [2.05, 4.69) is 10.2 Å². The van der Waals surface area contributed by atoms with E-state index in [0.717, 1.165) is 25.7 Å². The van der Waals surface area contributed by atoms with E-state index < -0.39 is 18.6 Å². The van der Waals surface area contributed by atoms with Crippen LogP contribution in [0.5, 0.6) is 0 Å². The molecule has 0 aromatic carbocycles. The molecule has 6 nitrogen and oxygen atoms in total. The molecule has 0 radical (unpaired) electrons. The predicted octanol–water partition coefficient (Wildman–Crippen LogP) is 0.244. The second-order valence-corrected chi connectivity index (χ2v) is 3.24. The van der Waals surface area contributed by atoms with Gasteiger partial charge in [0.15, 0.2) is 6.61 Å². The van der Waals surface area contributed by atoms with Gasteiger partial charge in [-0.05, 0) is 12.8 Å². The van der Waals surface area contributed by atoms with Gasteiger partial charge >= 0.3 is 12.0 Å². The van der Waals surface area contributed by atoms with Crippen LogP contribution in [0.1, 0.15) is 25.7 Å². The molecule has 0 atom stereocenters. The highest BCUT2D eigenvalue weighted by molar-refractivity contribution is 5.73. The first-order valence-electron chi connectivity index (χ1n) is 4.58. The van der Waals surface area contributed by atoms with Crippen molar-refractivity contribution in [2.24, 2.45) is 0 Å². The fourth-order valence-electron chi connectivity index (χ4n) is 1.45. The van der Waals surface area contributed by atoms with E-state index in [-0.39, 0.29) is 6.04 Å². The summed E-state index contributed by atoms with van der Waals surface area (Å²) in [6.45, 7) is -0.530. The van der Waals surface area contributed by atoms with Crippen molar-refractivity contribution in [1.82, 2.24) is 10.8 Å². The third kappa shape index (κ3) is 4.08. The number of amides is 2. The van der Waals surface area contributed by atoms with Gasteiger partial charge in [-0.3, -0.25) is 4.84 Å². The summed E-state index contributed by atoms with van der Waals surface area (Å²) in [5, 5.41) is 10.9. The first kappa shape index (κ1) is 10.8. The molecule has 0 bridgehead atoms. The Labute approximate surface area is 81.6 Å². The number of hydroxylamine groups is 1. The van der Waals surface area contributed by atoms with E-state index in [9.17, 15) is 9.59 Å². The fraction of sp³-hybridized carbons (Fsp3) is 0.750. The molecule has 1 rings (SSSR count). The molecule has 14 heavy (non-hydrogen) atoms. The zero-order valence-electron chi connectivity index (χ0n) is 7.78. The molecule has 0 unspecified atom stereocenters. The normalized spacial score (nSPS) is 16.6. The summed E-state index contributed by atoms with van der Waals surface area (Å²) in [6, 6.07) is -0.276. The maximum Gasteiger partial charge on any atom is 0.338 e. The molecule has 0 saturated heterocycles. The Morgan fingerprint density at radius 3 is 2.57 bits per heavy atom. The summed E-state index contributed by atoms with van der Waals surface area (Å²) in [5.74, 6) is -1.12. The molecule has 1 fully saturated rings. The average Bonchev–Trinajstić information content (AvgIpc) is 2.56. The second kappa shape index (κ2) is 5.43. The summed E-state index contributed by atoms with van der Waals surface area (Å²) in [5.41, 5.74) is 2.01. The van der Waals surface area contributed by atoms with E-state index in [1.807, 2.05) is 5.48 Å². The van der Waals surface area contributed by atoms with Crippen molar-refractivity contribution in [3.8, 4) is 0 Å². The lowest BCUT2D eigenvalue weighted by molar-refractivity contribution is -0.144. The summed E-state index contributed by atoms with van der Waals surface area (Å²) in [7, 11) is 0. The largest absolute Gasteiger partial charge is 0.479 e. The molecule has 3 N–H and O–H groups in total. The number of urea groups is 1. The smallest absolute Gasteiger partial charge is 0.338 e. The predicted molar refractivity (Wildman–Crippen MR) is 47.5 cm³/mol. The lowest BCUT2D eigenvalue weighted by Gasteiger charge is -2.11. The van der Waals surface area contributed by atoms with Gasteiger partial charge in [0.2, 0.25) is 0 Å². The Balaban J connectivity index is 2.06. The van der Waals surface area contributed by atoms with Crippen LogP contribution >= 0.6 is 0 Å². The molecule has 80 valence electrons. The minimum atomic E-state index is -1.12. The maximum absolute atomic E-state index is 11.0. The molecule has 1 aliphatic rings. The number of hydrogen-bond donors (Lipinski definition) is 3. The van der Waals surface area contributed by atoms with Gasteiger partial charge < -0.3 is 10.4 Å². The molecular weight excluding hydrogens is 188 g/mol. The zero-order valence-corrected chi connectivity index (χ0v) is 7.78. The van der Waals surface area contributed by atoms with Crippen molar-refractivity contribution in [3.05, 3.63) is 0 Å². The highest BCUT2D eigenvalue weighted by Gasteiger charge is 2.16. The van der Waals surface area contributed by atoms with Crippen LogP contribution in [-0.2, 0) is 9.63 Å². The van der Waals surface area contributed by atoms with Crippen LogP contribution in [0.2, 0.25) is 0 Å². The van der Waals surface area contributed by atoms with Crippen molar-refractivity contribution in [2.45, 2.75) is 31.7 Å². The summed E-state index contributed by atoms with van der Waals surface area (Å²) >= 11 is 0. The Bertz CT molecular complexity index is 213. The van der Waals surface area contributed by atoms with Crippen LogP contribution < -0.4 is 10.8 Å². The topological polar surface area (TPSA) is 87.7 Å². The number of nitrogens with one attached hydrogen (secondary N) is 2. The van der Waals surface area contributed by atoms with Crippen LogP contribution in [0.25, 0.3) is 0 Å². The third-order valence-electron chi connectivity index (χ3n) is 2.05. The molecule has 6 heteroatoms. The molecular formula is C8H14N2O4. The van der Waals surface area contributed by atoms with E-state index in [4.69, 9.17) is 5.11 Å². The SMILES string of the molecule is O=C(O)CONC(=O)NC1CCCC1. The van der Waals surface area contributed by atoms with Gasteiger partial charge in [-0.1, -0.05) is 12.8 Å². The van der Waals surface area contributed by atoms with Gasteiger partial charge in [-0.15, -0.1) is 0 Å². The van der Waals surface area contributed by atoms with Crippen molar-refractivity contribution in [2.75, 3.05) is 6.61 Å². The van der Waals surface area contributed by atoms with Crippen LogP contribution in [0, 0.1) is 0 Å². The van der Waals surface area contributed by atoms with Gasteiger partial charge in [0.25, 0.3) is 0 Å². The number of aliphatic carboxylic acids is 1. The van der Waals surface area contributed by atoms with Gasteiger partial charge in [-0.25, -0.2) is 15.1 Å². The average molecular weight is 202 g/mol. The standard InChI is InChI=1S/C8H14N2O4/c11-7(12)5-14-10-8(13)9-6-3-1-2-4-6/h6H,1-5H2,(H,11,12)(H2,9,10,13). The fourth-order valence-corrected chi connectivity index (χ4v) is 1.45. The molecule has 1 aliphatic carbocycles. The summed E-state index contributed by atoms with van der Waals surface area (Å²) in [6.07, 6.45) is 4.21. The van der Waals surface area contributed by atoms with Crippen LogP contribution in [-0.4, -0.2) is 29.8 Å². The van der Waals surface area contributed by atoms with Crippen LogP contribution in [0.4, 0.5) is 4.79 Å². The minimum Gasteiger partial charge on any atom is -0.479 e. The van der Waals surface area contributed by atoms with E-state index in [0.29, 0.717) is 0 Å². The number of carboxylic acid groups (broad SMARTS) is 1. The lowest BCUT2D eigenvalue weighted by atomic mass is 10.3. The van der Waals surface area contributed by atoms with Gasteiger partial charge in [0.05, 0.1) is 0 Å². The zero-order chi connectivity index (χ0) is 10.4. The maximum atomic E-state index is 11.0. The van der Waals surface area contributed by atoms with Crippen LogP contribution in [0.15, 0.2) is 0 Å². The number of hydrogen-bond acceptors (Lipinski definition) is 3. The lowest BCUT2D eigenvalue weighted by Crippen LogP contribution is -2.41. The van der Waals surface area contributed by atoms with Gasteiger partial charge in [0, 0.05) is 6.04 Å². The highest BCUT2D eigenvalue weighted by Crippen LogP contribution is 2.17. The third-order valence-corrected chi connectivity index (χ3v) is 2.05. The van der Waals surface area contributed by atoms with Crippen molar-refractivity contribution in [1.29, 1.82) is 0 Å². The van der Waals surface area contributed by atoms with E-state index in [1.165, 1.54) is 0 Å². The number of carboxylic acids is 1. The molecule has 0 aliphatic heterocycles. The molecule has 0 aromatic heterocycles. The second-order valence-electron chi connectivity index (χ2n) is 3.24. The monoisotopic (exact) mass is 202 g/mol. The first-order valence-corrected chi connectivity index (χ1v) is 4.58. The Kier molecular flexibility index (Phi) is 4.18. The molecule has 0 aromatic rings. The van der Waals surface area contributed by atoms with E-state index >= 15 is 0 Å². The number of carbonyl (C=O) groups excluding carboxylic acids is 1. The molecule has 0 spiro atoms. The van der Waals surface area contributed by atoms with Crippen LogP contribution in [0.3, 0.4) is 0 Å². The molecule has 0 heterocycles. The highest BCUT2D eigenvalue weighted by atomic mass is 16.7. The van der Waals surface area contributed by atoms with E-state index in [1.54, 1.807) is 0 Å². The summed E-state index contributed by atoms with van der Waals surface area (Å²) in [4.78, 5) is 25.5. The number of rotatable bonds is 4. The Morgan fingerprint density at radius 1 is 1.36 bits per heavy atom. The Hall–Kier alpha value is -1.30. The van der Waals surface area contributed by atoms with Gasteiger partial charge in [0.1, 0.15) is 0 Å². The number of carbonyl (C=O) groups is 2. The van der Waals surface area contributed by atoms with Gasteiger partial charge in [-0.2, -0.15) is 0 Å². The van der Waals surface area contributed by atoms with Crippen molar-refractivity contribution in [3.63, 3.8) is 0 Å². The Morgan fingerprint density at radius 2 is 2.00 bits per heavy atom. The molecule has 1 saturated carbocycles. The summed E-state index contributed by atoms with van der Waals surface area (Å²) < 4.78 is 0. The van der Waals surface area contributed by atoms with Crippen molar-refractivity contribution < 1.29 is 19.5 Å². The first-order chi connectivity index (χ1) is 6.68. The quantitative estimate of drug-likeness (QED) is 0.570. The molecule has 2 amide bonds. The minimum absolute atomic E-state index is 0.198.